The Bertz CT molecular complexity index is 518. The molecular weight excluding hydrogens is 359 g/mol. The van der Waals surface area contributed by atoms with Gasteiger partial charge < -0.3 is 13.9 Å². The second-order valence-electron chi connectivity index (χ2n) is 8.14. The van der Waals surface area contributed by atoms with Crippen LogP contribution in [0.3, 0.4) is 0 Å². The molecule has 2 saturated heterocycles. The van der Waals surface area contributed by atoms with Crippen molar-refractivity contribution in [2.24, 2.45) is 0 Å². The zero-order chi connectivity index (χ0) is 20.4. The smallest absolute Gasteiger partial charge is 0.414 e. The Morgan fingerprint density at radius 1 is 1.12 bits per heavy atom. The van der Waals surface area contributed by atoms with E-state index in [2.05, 4.69) is 33.9 Å². The largest absolute Gasteiger partial charge is 0.698 e. The molecule has 0 N–H and O–H groups in total. The Morgan fingerprint density at radius 3 is 2.16 bits per heavy atom. The number of hydrogen-bond acceptors (Lipinski definition) is 6. The van der Waals surface area contributed by atoms with Gasteiger partial charge in [0, 0.05) is 30.6 Å². The maximum absolute atomic E-state index is 12.4. The van der Waals surface area contributed by atoms with Crippen LogP contribution in [0.25, 0.3) is 0 Å². The van der Waals surface area contributed by atoms with Gasteiger partial charge in [0.25, 0.3) is 0 Å². The standard InChI is InChI=1S/C17H34O6PSi/c1-7-13-14(8-10-19-13)22-24(18)23-15-9-11-20-16(15)12-21-25(5,6)17(2,3)4/h13-16H,7-12H2,1-6H3/q+1/t13-,14-,15?,16-/m1/s1/i10T,11T/t10-,11-,13-,14-,15?,16-. The molecule has 2 fully saturated rings. The summed E-state index contributed by atoms with van der Waals surface area (Å²) in [4.78, 5) is 0. The van der Waals surface area contributed by atoms with Crippen LogP contribution in [0.2, 0.25) is 18.1 Å². The summed E-state index contributed by atoms with van der Waals surface area (Å²) in [5.41, 5.74) is 0. The third-order valence-corrected chi connectivity index (χ3v) is 10.7. The van der Waals surface area contributed by atoms with Crippen molar-refractivity contribution in [1.29, 1.82) is 0 Å². The molecule has 0 saturated carbocycles. The molecule has 6 nitrogen and oxygen atoms in total. The van der Waals surface area contributed by atoms with Gasteiger partial charge in [-0.25, -0.2) is 0 Å². The van der Waals surface area contributed by atoms with E-state index in [9.17, 15) is 4.57 Å². The highest BCUT2D eigenvalue weighted by Crippen LogP contribution is 2.39. The molecule has 0 amide bonds. The topological polar surface area (TPSA) is 63.2 Å². The number of ether oxygens (including phenoxy) is 2. The van der Waals surface area contributed by atoms with Crippen molar-refractivity contribution >= 4 is 16.6 Å². The molecule has 2 rings (SSSR count). The second kappa shape index (κ2) is 8.87. The third kappa shape index (κ3) is 5.80. The van der Waals surface area contributed by atoms with E-state index in [1.54, 1.807) is 0 Å². The van der Waals surface area contributed by atoms with Gasteiger partial charge >= 0.3 is 8.25 Å². The zero-order valence-corrected chi connectivity index (χ0v) is 18.1. The lowest BCUT2D eigenvalue weighted by molar-refractivity contribution is 0.00545. The molecule has 0 radical (unpaired) electrons. The average Bonchev–Trinajstić information content (AvgIpc) is 3.06. The van der Waals surface area contributed by atoms with Crippen LogP contribution in [0, 0.1) is 0 Å². The molecule has 0 spiro atoms. The van der Waals surface area contributed by atoms with Crippen molar-refractivity contribution < 1.29 is 30.3 Å². The summed E-state index contributed by atoms with van der Waals surface area (Å²) in [5, 5.41) is 0.0705. The summed E-state index contributed by atoms with van der Waals surface area (Å²) in [7, 11) is -4.34. The molecule has 2 unspecified atom stereocenters. The lowest BCUT2D eigenvalue weighted by Crippen LogP contribution is -2.44. The summed E-state index contributed by atoms with van der Waals surface area (Å²) >= 11 is 0. The van der Waals surface area contributed by atoms with Gasteiger partial charge in [-0.2, -0.15) is 0 Å². The number of rotatable bonds is 8. The Labute approximate surface area is 156 Å². The average molecular weight is 398 g/mol. The molecule has 0 aliphatic carbocycles. The molecule has 7 atom stereocenters. The Hall–Kier alpha value is 0.117. The summed E-state index contributed by atoms with van der Waals surface area (Å²) in [5.74, 6) is 0. The van der Waals surface area contributed by atoms with E-state index in [-0.39, 0.29) is 11.1 Å². The quantitative estimate of drug-likeness (QED) is 0.446. The Morgan fingerprint density at radius 2 is 1.64 bits per heavy atom. The number of hydrogen-bond donors (Lipinski definition) is 0. The zero-order valence-electron chi connectivity index (χ0n) is 18.2. The van der Waals surface area contributed by atoms with Gasteiger partial charge in [-0.05, 0) is 24.6 Å². The van der Waals surface area contributed by atoms with Crippen LogP contribution in [-0.2, 0) is 27.5 Å². The second-order valence-corrected chi connectivity index (χ2v) is 13.8. The lowest BCUT2D eigenvalue weighted by Gasteiger charge is -2.37. The molecule has 0 aromatic carbocycles. The maximum Gasteiger partial charge on any atom is 0.698 e. The van der Waals surface area contributed by atoms with Gasteiger partial charge in [-0.15, -0.1) is 9.05 Å². The van der Waals surface area contributed by atoms with Crippen LogP contribution in [0.15, 0.2) is 0 Å². The maximum atomic E-state index is 12.4. The molecular formula is C17H34O6PSi+. The van der Waals surface area contributed by atoms with E-state index in [0.29, 0.717) is 25.9 Å². The first kappa shape index (κ1) is 18.5. The molecule has 2 aliphatic rings. The molecule has 2 heterocycles. The fourth-order valence-corrected chi connectivity index (χ4v) is 4.46. The van der Waals surface area contributed by atoms with Crippen LogP contribution >= 0.6 is 8.25 Å². The van der Waals surface area contributed by atoms with Gasteiger partial charge in [0.2, 0.25) is 0 Å². The predicted octanol–water partition coefficient (Wildman–Crippen LogP) is 4.42. The SMILES string of the molecule is [3H][C@@H]1CC(O[P+](=O)O[C@@H]2C[C@@H]([3H])O[C@@H]2CC)[C@@H](CO[Si](C)(C)C(C)(C)C)O1. The van der Waals surface area contributed by atoms with Crippen LogP contribution in [-0.4, -0.2) is 52.5 Å². The van der Waals surface area contributed by atoms with Crippen LogP contribution in [0.4, 0.5) is 0 Å². The first-order valence-corrected chi connectivity index (χ1v) is 13.0. The van der Waals surface area contributed by atoms with E-state index in [1.165, 1.54) is 0 Å². The molecule has 146 valence electrons. The van der Waals surface area contributed by atoms with E-state index in [0.717, 1.165) is 0 Å². The lowest BCUT2D eigenvalue weighted by atomic mass is 10.1. The molecule has 2 aliphatic heterocycles. The Balaban J connectivity index is 1.89. The monoisotopic (exact) mass is 397 g/mol. The van der Waals surface area contributed by atoms with Gasteiger partial charge in [-0.1, -0.05) is 27.7 Å². The molecule has 25 heavy (non-hydrogen) atoms. The van der Waals surface area contributed by atoms with Crippen molar-refractivity contribution in [1.82, 2.24) is 0 Å². The van der Waals surface area contributed by atoms with Crippen molar-refractivity contribution in [3.8, 4) is 0 Å². The van der Waals surface area contributed by atoms with Gasteiger partial charge in [-0.3, -0.25) is 0 Å². The highest BCUT2D eigenvalue weighted by Gasteiger charge is 2.44. The highest BCUT2D eigenvalue weighted by molar-refractivity contribution is 7.33. The summed E-state index contributed by atoms with van der Waals surface area (Å²) < 4.78 is 56.3. The fraction of sp³-hybridized carbons (Fsp3) is 1.00. The van der Waals surface area contributed by atoms with Crippen molar-refractivity contribution in [2.75, 3.05) is 19.8 Å². The molecule has 0 aromatic heterocycles. The summed E-state index contributed by atoms with van der Waals surface area (Å²) in [6.45, 7) is 11.7. The van der Waals surface area contributed by atoms with E-state index in [1.807, 2.05) is 6.92 Å². The third-order valence-electron chi connectivity index (χ3n) is 5.29. The van der Waals surface area contributed by atoms with Crippen molar-refractivity contribution in [3.63, 3.8) is 0 Å². The normalized spacial score (nSPS) is 38.6. The van der Waals surface area contributed by atoms with Gasteiger partial charge in [0.05, 0.1) is 15.5 Å². The fourth-order valence-electron chi connectivity index (χ4n) is 2.51. The van der Waals surface area contributed by atoms with Crippen LogP contribution < -0.4 is 0 Å². The minimum atomic E-state index is -2.38. The molecule has 0 aromatic rings. The minimum absolute atomic E-state index is 0.0705. The first-order valence-electron chi connectivity index (χ1n) is 10.2. The molecule has 0 bridgehead atoms. The van der Waals surface area contributed by atoms with E-state index < -0.39 is 48.1 Å². The van der Waals surface area contributed by atoms with E-state index >= 15 is 0 Å². The summed E-state index contributed by atoms with van der Waals surface area (Å²) in [6.07, 6.45) is -0.190. The predicted molar refractivity (Wildman–Crippen MR) is 99.5 cm³/mol. The van der Waals surface area contributed by atoms with Gasteiger partial charge in [0.1, 0.15) is 18.3 Å². The first-order chi connectivity index (χ1) is 12.4. The molecule has 8 heteroatoms. The van der Waals surface area contributed by atoms with Crippen molar-refractivity contribution in [3.05, 3.63) is 0 Å². The Kier molecular flexibility index (Phi) is 6.56. The van der Waals surface area contributed by atoms with E-state index in [4.69, 9.17) is 25.7 Å². The van der Waals surface area contributed by atoms with Gasteiger partial charge in [0.15, 0.2) is 8.32 Å². The van der Waals surface area contributed by atoms with Crippen LogP contribution in [0.5, 0.6) is 0 Å². The minimum Gasteiger partial charge on any atom is -0.414 e. The summed E-state index contributed by atoms with van der Waals surface area (Å²) in [6, 6.07) is 0. The van der Waals surface area contributed by atoms with Crippen molar-refractivity contribution in [2.45, 2.75) is 89.5 Å². The highest BCUT2D eigenvalue weighted by atomic mass is 31.1. The van der Waals surface area contributed by atoms with Crippen LogP contribution in [0.1, 0.15) is 49.7 Å².